The van der Waals surface area contributed by atoms with Gasteiger partial charge in [0.1, 0.15) is 5.76 Å². The SMILES string of the molecule is OC1=C(I)C2CCCC=C2C=C1. The molecule has 2 aliphatic rings. The summed E-state index contributed by atoms with van der Waals surface area (Å²) in [5, 5.41) is 9.47. The number of hydrogen-bond acceptors (Lipinski definition) is 1. The van der Waals surface area contributed by atoms with Crippen LogP contribution in [0.4, 0.5) is 0 Å². The van der Waals surface area contributed by atoms with Crippen LogP contribution in [0.3, 0.4) is 0 Å². The average Bonchev–Trinajstić information content (AvgIpc) is 2.12. The van der Waals surface area contributed by atoms with Crippen molar-refractivity contribution in [2.24, 2.45) is 5.92 Å². The molecule has 0 radical (unpaired) electrons. The first-order valence-corrected chi connectivity index (χ1v) is 5.33. The Balaban J connectivity index is 2.37. The normalized spacial score (nSPS) is 28.4. The summed E-state index contributed by atoms with van der Waals surface area (Å²) < 4.78 is 1.11. The first-order chi connectivity index (χ1) is 5.79. The summed E-state index contributed by atoms with van der Waals surface area (Å²) in [4.78, 5) is 0. The van der Waals surface area contributed by atoms with Crippen molar-refractivity contribution in [2.45, 2.75) is 19.3 Å². The lowest BCUT2D eigenvalue weighted by atomic mass is 9.84. The van der Waals surface area contributed by atoms with E-state index in [0.29, 0.717) is 11.7 Å². The van der Waals surface area contributed by atoms with E-state index in [4.69, 9.17) is 0 Å². The van der Waals surface area contributed by atoms with Crippen molar-refractivity contribution in [3.8, 4) is 0 Å². The van der Waals surface area contributed by atoms with Crippen molar-refractivity contribution in [3.63, 3.8) is 0 Å². The van der Waals surface area contributed by atoms with Gasteiger partial charge in [0.25, 0.3) is 0 Å². The second-order valence-corrected chi connectivity index (χ2v) is 4.42. The van der Waals surface area contributed by atoms with Crippen molar-refractivity contribution in [2.75, 3.05) is 0 Å². The predicted molar refractivity (Wildman–Crippen MR) is 58.2 cm³/mol. The van der Waals surface area contributed by atoms with E-state index in [-0.39, 0.29) is 0 Å². The van der Waals surface area contributed by atoms with Crippen LogP contribution in [0.5, 0.6) is 0 Å². The summed E-state index contributed by atoms with van der Waals surface area (Å²) in [6, 6.07) is 0. The van der Waals surface area contributed by atoms with Gasteiger partial charge in [0, 0.05) is 9.50 Å². The van der Waals surface area contributed by atoms with E-state index in [9.17, 15) is 5.11 Å². The fraction of sp³-hybridized carbons (Fsp3) is 0.400. The molecule has 64 valence electrons. The van der Waals surface area contributed by atoms with Gasteiger partial charge in [-0.25, -0.2) is 0 Å². The smallest absolute Gasteiger partial charge is 0.125 e. The van der Waals surface area contributed by atoms with Crippen molar-refractivity contribution >= 4 is 22.6 Å². The highest BCUT2D eigenvalue weighted by atomic mass is 127. The lowest BCUT2D eigenvalue weighted by Crippen LogP contribution is -2.11. The van der Waals surface area contributed by atoms with Crippen LogP contribution in [0, 0.1) is 5.92 Å². The number of aliphatic hydroxyl groups excluding tert-OH is 1. The van der Waals surface area contributed by atoms with Crippen LogP contribution in [0.25, 0.3) is 0 Å². The topological polar surface area (TPSA) is 20.2 Å². The number of halogens is 1. The van der Waals surface area contributed by atoms with E-state index in [1.807, 2.05) is 6.08 Å². The first-order valence-electron chi connectivity index (χ1n) is 4.26. The molecule has 1 N–H and O–H groups in total. The fourth-order valence-corrected chi connectivity index (χ4v) is 2.64. The summed E-state index contributed by atoms with van der Waals surface area (Å²) >= 11 is 2.25. The molecule has 1 nitrogen and oxygen atoms in total. The minimum absolute atomic E-state index is 0.458. The molecule has 12 heavy (non-hydrogen) atoms. The summed E-state index contributed by atoms with van der Waals surface area (Å²) in [5.41, 5.74) is 1.39. The Bertz CT molecular complexity index is 286. The van der Waals surface area contributed by atoms with Gasteiger partial charge in [-0.15, -0.1) is 0 Å². The second-order valence-electron chi connectivity index (χ2n) is 3.25. The van der Waals surface area contributed by atoms with Gasteiger partial charge in [0.2, 0.25) is 0 Å². The largest absolute Gasteiger partial charge is 0.507 e. The third kappa shape index (κ3) is 1.32. The fourth-order valence-electron chi connectivity index (χ4n) is 1.79. The Morgan fingerprint density at radius 2 is 2.25 bits per heavy atom. The van der Waals surface area contributed by atoms with Gasteiger partial charge < -0.3 is 5.11 Å². The molecule has 0 spiro atoms. The summed E-state index contributed by atoms with van der Waals surface area (Å²) in [5.74, 6) is 0.948. The molecule has 1 atom stereocenters. The summed E-state index contributed by atoms with van der Waals surface area (Å²) in [7, 11) is 0. The molecule has 2 rings (SSSR count). The Morgan fingerprint density at radius 3 is 3.08 bits per heavy atom. The van der Waals surface area contributed by atoms with Crippen molar-refractivity contribution < 1.29 is 5.11 Å². The zero-order valence-electron chi connectivity index (χ0n) is 6.76. The molecule has 2 heteroatoms. The molecule has 0 amide bonds. The average molecular weight is 274 g/mol. The molecule has 0 aromatic rings. The Labute approximate surface area is 86.0 Å². The van der Waals surface area contributed by atoms with Gasteiger partial charge in [0.15, 0.2) is 0 Å². The molecule has 0 saturated heterocycles. The number of allylic oxidation sites excluding steroid dienone is 5. The Kier molecular flexibility index (Phi) is 2.26. The van der Waals surface area contributed by atoms with Crippen molar-refractivity contribution in [3.05, 3.63) is 33.1 Å². The Morgan fingerprint density at radius 1 is 1.42 bits per heavy atom. The number of fused-ring (bicyclic) bond motifs is 1. The molecule has 0 bridgehead atoms. The van der Waals surface area contributed by atoms with Gasteiger partial charge in [-0.1, -0.05) is 12.2 Å². The number of aliphatic hydroxyl groups is 1. The molecule has 1 unspecified atom stereocenters. The quantitative estimate of drug-likeness (QED) is 0.670. The maximum atomic E-state index is 9.47. The van der Waals surface area contributed by atoms with Crippen LogP contribution >= 0.6 is 22.6 Å². The van der Waals surface area contributed by atoms with Gasteiger partial charge >= 0.3 is 0 Å². The highest BCUT2D eigenvalue weighted by Crippen LogP contribution is 2.39. The van der Waals surface area contributed by atoms with Crippen LogP contribution in [0.2, 0.25) is 0 Å². The lowest BCUT2D eigenvalue weighted by molar-refractivity contribution is 0.417. The molecule has 0 heterocycles. The third-order valence-corrected chi connectivity index (χ3v) is 3.77. The van der Waals surface area contributed by atoms with Crippen LogP contribution in [-0.2, 0) is 0 Å². The highest BCUT2D eigenvalue weighted by Gasteiger charge is 2.23. The first kappa shape index (κ1) is 8.35. The molecule has 0 fully saturated rings. The highest BCUT2D eigenvalue weighted by molar-refractivity contribution is 14.1. The maximum Gasteiger partial charge on any atom is 0.125 e. The third-order valence-electron chi connectivity index (χ3n) is 2.46. The van der Waals surface area contributed by atoms with Crippen LogP contribution in [0.1, 0.15) is 19.3 Å². The standard InChI is InChI=1S/C10H11IO/c11-10-8-4-2-1-3-7(8)5-6-9(10)12/h3,5-6,8,12H,1-2,4H2. The van der Waals surface area contributed by atoms with Gasteiger partial charge in [-0.3, -0.25) is 0 Å². The van der Waals surface area contributed by atoms with E-state index >= 15 is 0 Å². The number of hydrogen-bond donors (Lipinski definition) is 1. The number of rotatable bonds is 0. The molecule has 0 aromatic heterocycles. The monoisotopic (exact) mass is 274 g/mol. The Hall–Kier alpha value is -0.250. The van der Waals surface area contributed by atoms with Crippen molar-refractivity contribution in [1.82, 2.24) is 0 Å². The van der Waals surface area contributed by atoms with Gasteiger partial charge in [-0.05, 0) is 53.5 Å². The van der Waals surface area contributed by atoms with Gasteiger partial charge in [0.05, 0.1) is 0 Å². The summed E-state index contributed by atoms with van der Waals surface area (Å²) in [6.07, 6.45) is 9.77. The van der Waals surface area contributed by atoms with E-state index in [1.165, 1.54) is 24.8 Å². The molecule has 0 aromatic carbocycles. The zero-order chi connectivity index (χ0) is 8.55. The van der Waals surface area contributed by atoms with E-state index in [0.717, 1.165) is 3.58 Å². The molecular formula is C10H11IO. The minimum atomic E-state index is 0.458. The molecule has 0 aliphatic heterocycles. The molecule has 2 aliphatic carbocycles. The van der Waals surface area contributed by atoms with E-state index < -0.39 is 0 Å². The van der Waals surface area contributed by atoms with Crippen molar-refractivity contribution in [1.29, 1.82) is 0 Å². The lowest BCUT2D eigenvalue weighted by Gasteiger charge is -2.25. The minimum Gasteiger partial charge on any atom is -0.507 e. The molecule has 0 saturated carbocycles. The van der Waals surface area contributed by atoms with E-state index in [1.54, 1.807) is 6.08 Å². The zero-order valence-corrected chi connectivity index (χ0v) is 8.91. The molecular weight excluding hydrogens is 263 g/mol. The van der Waals surface area contributed by atoms with Crippen LogP contribution in [-0.4, -0.2) is 5.11 Å². The van der Waals surface area contributed by atoms with Gasteiger partial charge in [-0.2, -0.15) is 0 Å². The van der Waals surface area contributed by atoms with Crippen LogP contribution in [0.15, 0.2) is 33.1 Å². The predicted octanol–water partition coefficient (Wildman–Crippen LogP) is 3.49. The second kappa shape index (κ2) is 3.24. The maximum absolute atomic E-state index is 9.47. The summed E-state index contributed by atoms with van der Waals surface area (Å²) in [6.45, 7) is 0. The van der Waals surface area contributed by atoms with E-state index in [2.05, 4.69) is 28.7 Å². The van der Waals surface area contributed by atoms with Crippen LogP contribution < -0.4 is 0 Å².